The van der Waals surface area contributed by atoms with Gasteiger partial charge in [0.2, 0.25) is 0 Å². The average molecular weight is 357 g/mol. The predicted molar refractivity (Wildman–Crippen MR) is 88.6 cm³/mol. The molecular weight excluding hydrogens is 336 g/mol. The van der Waals surface area contributed by atoms with E-state index >= 15 is 0 Å². The molecule has 0 aliphatic carbocycles. The van der Waals surface area contributed by atoms with E-state index in [-0.39, 0.29) is 5.91 Å². The maximum atomic E-state index is 12.5. The van der Waals surface area contributed by atoms with Crippen molar-refractivity contribution in [2.75, 3.05) is 32.7 Å². The van der Waals surface area contributed by atoms with Gasteiger partial charge in [0.05, 0.1) is 4.88 Å². The molecular formula is C15H21BrN2OS. The van der Waals surface area contributed by atoms with Crippen LogP contribution in [0.3, 0.4) is 0 Å². The number of halogens is 1. The molecule has 3 nitrogen and oxygen atoms in total. The molecule has 1 saturated heterocycles. The van der Waals surface area contributed by atoms with E-state index in [0.717, 1.165) is 54.9 Å². The van der Waals surface area contributed by atoms with E-state index in [1.165, 1.54) is 4.88 Å². The minimum atomic E-state index is 0.177. The fourth-order valence-corrected chi connectivity index (χ4v) is 4.32. The topological polar surface area (TPSA) is 23.6 Å². The summed E-state index contributed by atoms with van der Waals surface area (Å²) < 4.78 is 1.08. The Morgan fingerprint density at radius 2 is 2.15 bits per heavy atom. The summed E-state index contributed by atoms with van der Waals surface area (Å²) in [6, 6.07) is 1.98. The molecule has 1 fully saturated rings. The van der Waals surface area contributed by atoms with E-state index in [0.29, 0.717) is 0 Å². The fourth-order valence-electron chi connectivity index (χ4n) is 2.38. The van der Waals surface area contributed by atoms with Gasteiger partial charge in [-0.15, -0.1) is 17.9 Å². The molecule has 0 N–H and O–H groups in total. The Labute approximate surface area is 133 Å². The first-order valence-corrected chi connectivity index (χ1v) is 8.67. The Bertz CT molecular complexity index is 478. The maximum absolute atomic E-state index is 12.5. The summed E-state index contributed by atoms with van der Waals surface area (Å²) in [6.45, 7) is 10.3. The van der Waals surface area contributed by atoms with Crippen LogP contribution in [0, 0.1) is 0 Å². The Kier molecular flexibility index (Phi) is 5.81. The lowest BCUT2D eigenvalue weighted by atomic mass is 10.2. The third kappa shape index (κ3) is 3.71. The second kappa shape index (κ2) is 7.38. The molecule has 2 rings (SSSR count). The number of nitrogens with zero attached hydrogens (tertiary/aromatic N) is 2. The Morgan fingerprint density at radius 3 is 2.75 bits per heavy atom. The third-order valence-corrected chi connectivity index (χ3v) is 5.64. The van der Waals surface area contributed by atoms with Crippen LogP contribution in [0.25, 0.3) is 0 Å². The maximum Gasteiger partial charge on any atom is 0.264 e. The zero-order chi connectivity index (χ0) is 14.5. The molecule has 110 valence electrons. The predicted octanol–water partition coefficient (Wildman–Crippen LogP) is 3.41. The number of rotatable bonds is 5. The van der Waals surface area contributed by atoms with Crippen LogP contribution in [0.15, 0.2) is 23.2 Å². The number of piperazine rings is 1. The fraction of sp³-hybridized carbons (Fsp3) is 0.533. The van der Waals surface area contributed by atoms with Gasteiger partial charge in [0, 0.05) is 42.1 Å². The van der Waals surface area contributed by atoms with Crippen molar-refractivity contribution < 1.29 is 4.79 Å². The molecule has 1 amide bonds. The van der Waals surface area contributed by atoms with E-state index in [1.54, 1.807) is 11.3 Å². The monoisotopic (exact) mass is 356 g/mol. The number of amides is 1. The number of hydrogen-bond acceptors (Lipinski definition) is 3. The molecule has 0 spiro atoms. The van der Waals surface area contributed by atoms with Crippen molar-refractivity contribution in [2.45, 2.75) is 19.8 Å². The molecule has 0 bridgehead atoms. The molecule has 20 heavy (non-hydrogen) atoms. The molecule has 1 aromatic rings. The van der Waals surface area contributed by atoms with Gasteiger partial charge in [0.15, 0.2) is 0 Å². The second-order valence-corrected chi connectivity index (χ2v) is 7.00. The van der Waals surface area contributed by atoms with Crippen molar-refractivity contribution in [3.8, 4) is 0 Å². The van der Waals surface area contributed by atoms with Gasteiger partial charge in [-0.3, -0.25) is 9.69 Å². The van der Waals surface area contributed by atoms with Crippen LogP contribution in [0.5, 0.6) is 0 Å². The molecule has 1 aliphatic heterocycles. The van der Waals surface area contributed by atoms with Gasteiger partial charge in [0.25, 0.3) is 5.91 Å². The first-order valence-electron chi connectivity index (χ1n) is 7.06. The third-order valence-electron chi connectivity index (χ3n) is 3.49. The van der Waals surface area contributed by atoms with Gasteiger partial charge in [-0.1, -0.05) is 19.4 Å². The Morgan fingerprint density at radius 1 is 1.45 bits per heavy atom. The first-order chi connectivity index (χ1) is 9.65. The van der Waals surface area contributed by atoms with Gasteiger partial charge in [-0.2, -0.15) is 0 Å². The summed E-state index contributed by atoms with van der Waals surface area (Å²) in [7, 11) is 0. The smallest absolute Gasteiger partial charge is 0.264 e. The molecule has 1 aromatic heterocycles. The highest BCUT2D eigenvalue weighted by Gasteiger charge is 2.23. The van der Waals surface area contributed by atoms with Crippen molar-refractivity contribution >= 4 is 33.2 Å². The summed E-state index contributed by atoms with van der Waals surface area (Å²) in [5.41, 5.74) is 0. The standard InChI is InChI=1S/C15H21BrN2OS/c1-3-5-13-12(16)11-14(20-13)15(19)18-9-7-17(6-4-2)8-10-18/h4,11H,2-3,5-10H2,1H3. The summed E-state index contributed by atoms with van der Waals surface area (Å²) in [5, 5.41) is 0. The molecule has 0 unspecified atom stereocenters. The van der Waals surface area contributed by atoms with Gasteiger partial charge in [-0.05, 0) is 28.4 Å². The van der Waals surface area contributed by atoms with E-state index in [4.69, 9.17) is 0 Å². The lowest BCUT2D eigenvalue weighted by molar-refractivity contribution is 0.0655. The largest absolute Gasteiger partial charge is 0.335 e. The number of carbonyl (C=O) groups excluding carboxylic acids is 1. The second-order valence-electron chi connectivity index (χ2n) is 5.01. The van der Waals surface area contributed by atoms with Crippen LogP contribution in [-0.2, 0) is 6.42 Å². The van der Waals surface area contributed by atoms with Crippen LogP contribution in [0.1, 0.15) is 27.9 Å². The molecule has 2 heterocycles. The van der Waals surface area contributed by atoms with Gasteiger partial charge in [0.1, 0.15) is 0 Å². The van der Waals surface area contributed by atoms with Crippen LogP contribution in [0.2, 0.25) is 0 Å². The van der Waals surface area contributed by atoms with Crippen LogP contribution < -0.4 is 0 Å². The van der Waals surface area contributed by atoms with Gasteiger partial charge < -0.3 is 4.90 Å². The minimum absolute atomic E-state index is 0.177. The molecule has 5 heteroatoms. The highest BCUT2D eigenvalue weighted by Crippen LogP contribution is 2.29. The minimum Gasteiger partial charge on any atom is -0.335 e. The SMILES string of the molecule is C=CCN1CCN(C(=O)c2cc(Br)c(CCC)s2)CC1. The van der Waals surface area contributed by atoms with Gasteiger partial charge >= 0.3 is 0 Å². The van der Waals surface area contributed by atoms with E-state index in [9.17, 15) is 4.79 Å². The number of aryl methyl sites for hydroxylation is 1. The van der Waals surface area contributed by atoms with Crippen LogP contribution in [0.4, 0.5) is 0 Å². The quantitative estimate of drug-likeness (QED) is 0.754. The number of thiophene rings is 1. The van der Waals surface area contributed by atoms with E-state index in [2.05, 4.69) is 34.3 Å². The Hall–Kier alpha value is -0.650. The highest BCUT2D eigenvalue weighted by atomic mass is 79.9. The van der Waals surface area contributed by atoms with Gasteiger partial charge in [-0.25, -0.2) is 0 Å². The normalized spacial score (nSPS) is 16.4. The molecule has 0 saturated carbocycles. The van der Waals surface area contributed by atoms with Crippen molar-refractivity contribution in [3.63, 3.8) is 0 Å². The summed E-state index contributed by atoms with van der Waals surface area (Å²) in [4.78, 5) is 18.9. The van der Waals surface area contributed by atoms with Crippen LogP contribution >= 0.6 is 27.3 Å². The molecule has 0 atom stereocenters. The van der Waals surface area contributed by atoms with E-state index < -0.39 is 0 Å². The molecule has 1 aliphatic rings. The zero-order valence-corrected chi connectivity index (χ0v) is 14.3. The van der Waals surface area contributed by atoms with Crippen molar-refractivity contribution in [1.82, 2.24) is 9.80 Å². The summed E-state index contributed by atoms with van der Waals surface area (Å²) >= 11 is 5.19. The van der Waals surface area contributed by atoms with E-state index in [1.807, 2.05) is 17.0 Å². The lowest BCUT2D eigenvalue weighted by Gasteiger charge is -2.33. The Balaban J connectivity index is 1.98. The first kappa shape index (κ1) is 15.7. The highest BCUT2D eigenvalue weighted by molar-refractivity contribution is 9.10. The number of carbonyl (C=O) groups is 1. The molecule has 0 radical (unpaired) electrons. The summed E-state index contributed by atoms with van der Waals surface area (Å²) in [6.07, 6.45) is 4.06. The summed E-state index contributed by atoms with van der Waals surface area (Å²) in [5.74, 6) is 0.177. The van der Waals surface area contributed by atoms with Crippen molar-refractivity contribution in [2.24, 2.45) is 0 Å². The van der Waals surface area contributed by atoms with Crippen molar-refractivity contribution in [3.05, 3.63) is 32.9 Å². The lowest BCUT2D eigenvalue weighted by Crippen LogP contribution is -2.48. The number of hydrogen-bond donors (Lipinski definition) is 0. The van der Waals surface area contributed by atoms with Crippen LogP contribution in [-0.4, -0.2) is 48.4 Å². The van der Waals surface area contributed by atoms with Crippen molar-refractivity contribution in [1.29, 1.82) is 0 Å². The molecule has 0 aromatic carbocycles. The average Bonchev–Trinajstić information content (AvgIpc) is 2.81. The zero-order valence-electron chi connectivity index (χ0n) is 11.9.